The molecule has 1 fully saturated rings. The van der Waals surface area contributed by atoms with Crippen molar-refractivity contribution in [2.24, 2.45) is 0 Å². The summed E-state index contributed by atoms with van der Waals surface area (Å²) >= 11 is 0. The Labute approximate surface area is 146 Å². The van der Waals surface area contributed by atoms with Gasteiger partial charge >= 0.3 is 5.97 Å². The standard InChI is InChI=1S/C19H20N2O2.ClH/c1-12-10-13(19(22)23)11-17-18(12)15-4-2-3-5-16(15)21(17)14-6-8-20-9-7-14;/h2-5,10-11,14,20H,6-9H2,1H3,(H,22,23);1H. The number of aryl methyl sites for hydroxylation is 1. The molecule has 0 atom stereocenters. The summed E-state index contributed by atoms with van der Waals surface area (Å²) in [6, 6.07) is 12.4. The fraction of sp³-hybridized carbons (Fsp3) is 0.316. The first-order chi connectivity index (χ1) is 11.2. The number of carboxylic acid groups (broad SMARTS) is 1. The number of carboxylic acids is 1. The van der Waals surface area contributed by atoms with E-state index in [0.717, 1.165) is 37.0 Å². The zero-order chi connectivity index (χ0) is 16.0. The van der Waals surface area contributed by atoms with Gasteiger partial charge in [-0.25, -0.2) is 4.79 Å². The molecule has 24 heavy (non-hydrogen) atoms. The molecule has 4 nitrogen and oxygen atoms in total. The molecule has 0 spiro atoms. The zero-order valence-corrected chi connectivity index (χ0v) is 14.4. The predicted molar refractivity (Wildman–Crippen MR) is 99.5 cm³/mol. The van der Waals surface area contributed by atoms with Gasteiger partial charge in [0.2, 0.25) is 0 Å². The lowest BCUT2D eigenvalue weighted by atomic mass is 10.0. The Morgan fingerprint density at radius 3 is 2.58 bits per heavy atom. The Morgan fingerprint density at radius 2 is 1.88 bits per heavy atom. The second kappa shape index (κ2) is 6.46. The monoisotopic (exact) mass is 344 g/mol. The van der Waals surface area contributed by atoms with E-state index < -0.39 is 5.97 Å². The van der Waals surface area contributed by atoms with Crippen LogP contribution in [-0.2, 0) is 0 Å². The molecule has 2 heterocycles. The van der Waals surface area contributed by atoms with Gasteiger partial charge in [0.1, 0.15) is 0 Å². The lowest BCUT2D eigenvalue weighted by Gasteiger charge is -2.26. The molecule has 1 saturated heterocycles. The van der Waals surface area contributed by atoms with Crippen LogP contribution in [0.25, 0.3) is 21.8 Å². The van der Waals surface area contributed by atoms with E-state index in [9.17, 15) is 9.90 Å². The Morgan fingerprint density at radius 1 is 1.17 bits per heavy atom. The molecule has 4 rings (SSSR count). The summed E-state index contributed by atoms with van der Waals surface area (Å²) in [7, 11) is 0. The lowest BCUT2D eigenvalue weighted by molar-refractivity contribution is 0.0697. The van der Waals surface area contributed by atoms with E-state index in [1.165, 1.54) is 16.3 Å². The molecular weight excluding hydrogens is 324 g/mol. The maximum Gasteiger partial charge on any atom is 0.335 e. The molecule has 0 bridgehead atoms. The number of hydrogen-bond donors (Lipinski definition) is 2. The molecule has 1 aliphatic heterocycles. The highest BCUT2D eigenvalue weighted by Crippen LogP contribution is 2.36. The third-order valence-corrected chi connectivity index (χ3v) is 4.93. The SMILES string of the molecule is Cc1cc(C(=O)O)cc2c1c1ccccc1n2C1CCNCC1.Cl. The van der Waals surface area contributed by atoms with Crippen molar-refractivity contribution < 1.29 is 9.90 Å². The van der Waals surface area contributed by atoms with Crippen LogP contribution < -0.4 is 5.32 Å². The van der Waals surface area contributed by atoms with Crippen LogP contribution >= 0.6 is 12.4 Å². The summed E-state index contributed by atoms with van der Waals surface area (Å²) < 4.78 is 2.37. The van der Waals surface area contributed by atoms with E-state index in [2.05, 4.69) is 34.1 Å². The van der Waals surface area contributed by atoms with Crippen LogP contribution in [-0.4, -0.2) is 28.7 Å². The maximum atomic E-state index is 11.5. The molecule has 1 aromatic heterocycles. The summed E-state index contributed by atoms with van der Waals surface area (Å²) in [6.07, 6.45) is 2.15. The number of carbonyl (C=O) groups is 1. The molecule has 2 aromatic carbocycles. The Kier molecular flexibility index (Phi) is 4.52. The fourth-order valence-corrected chi connectivity index (χ4v) is 3.92. The minimum Gasteiger partial charge on any atom is -0.478 e. The molecule has 5 heteroatoms. The van der Waals surface area contributed by atoms with Gasteiger partial charge in [-0.3, -0.25) is 0 Å². The Bertz CT molecular complexity index is 911. The van der Waals surface area contributed by atoms with E-state index >= 15 is 0 Å². The normalized spacial score (nSPS) is 15.5. The quantitative estimate of drug-likeness (QED) is 0.734. The molecule has 0 unspecified atom stereocenters. The largest absolute Gasteiger partial charge is 0.478 e. The molecule has 1 aliphatic rings. The first-order valence-electron chi connectivity index (χ1n) is 8.14. The van der Waals surface area contributed by atoms with Gasteiger partial charge in [-0.2, -0.15) is 0 Å². The number of nitrogens with one attached hydrogen (secondary N) is 1. The third kappa shape index (κ3) is 2.56. The molecule has 0 radical (unpaired) electrons. The molecule has 126 valence electrons. The van der Waals surface area contributed by atoms with Crippen LogP contribution in [0.4, 0.5) is 0 Å². The van der Waals surface area contributed by atoms with Crippen molar-refractivity contribution in [2.45, 2.75) is 25.8 Å². The van der Waals surface area contributed by atoms with E-state index in [0.29, 0.717) is 11.6 Å². The molecule has 0 amide bonds. The van der Waals surface area contributed by atoms with Gasteiger partial charge in [-0.05, 0) is 56.6 Å². The Hall–Kier alpha value is -2.04. The zero-order valence-electron chi connectivity index (χ0n) is 13.6. The second-order valence-electron chi connectivity index (χ2n) is 6.36. The first-order valence-corrected chi connectivity index (χ1v) is 8.14. The summed E-state index contributed by atoms with van der Waals surface area (Å²) in [5.74, 6) is -0.864. The number of para-hydroxylation sites is 1. The highest BCUT2D eigenvalue weighted by Gasteiger charge is 2.22. The van der Waals surface area contributed by atoms with Crippen molar-refractivity contribution >= 4 is 40.2 Å². The fourth-order valence-electron chi connectivity index (χ4n) is 3.92. The van der Waals surface area contributed by atoms with Gasteiger partial charge < -0.3 is 15.0 Å². The van der Waals surface area contributed by atoms with Gasteiger partial charge in [0, 0.05) is 22.3 Å². The maximum absolute atomic E-state index is 11.5. The van der Waals surface area contributed by atoms with E-state index in [1.54, 1.807) is 6.07 Å². The topological polar surface area (TPSA) is 54.3 Å². The third-order valence-electron chi connectivity index (χ3n) is 4.93. The highest BCUT2D eigenvalue weighted by molar-refractivity contribution is 6.11. The number of rotatable bonds is 2. The molecule has 0 aliphatic carbocycles. The molecule has 3 aromatic rings. The number of fused-ring (bicyclic) bond motifs is 3. The Balaban J connectivity index is 0.00000169. The van der Waals surface area contributed by atoms with E-state index in [1.807, 2.05) is 13.0 Å². The first kappa shape index (κ1) is 16.8. The lowest BCUT2D eigenvalue weighted by Crippen LogP contribution is -2.29. The van der Waals surface area contributed by atoms with E-state index in [4.69, 9.17) is 0 Å². The van der Waals surface area contributed by atoms with E-state index in [-0.39, 0.29) is 12.4 Å². The van der Waals surface area contributed by atoms with Gasteiger partial charge in [-0.1, -0.05) is 18.2 Å². The van der Waals surface area contributed by atoms with Crippen molar-refractivity contribution in [1.29, 1.82) is 0 Å². The van der Waals surface area contributed by atoms with Crippen LogP contribution in [0.2, 0.25) is 0 Å². The van der Waals surface area contributed by atoms with Crippen LogP contribution in [0.15, 0.2) is 36.4 Å². The smallest absolute Gasteiger partial charge is 0.335 e. The molecule has 2 N–H and O–H groups in total. The van der Waals surface area contributed by atoms with Crippen molar-refractivity contribution in [2.75, 3.05) is 13.1 Å². The number of hydrogen-bond acceptors (Lipinski definition) is 2. The van der Waals surface area contributed by atoms with Gasteiger partial charge in [-0.15, -0.1) is 12.4 Å². The van der Waals surface area contributed by atoms with Gasteiger partial charge in [0.25, 0.3) is 0 Å². The minimum absolute atomic E-state index is 0. The minimum atomic E-state index is -0.864. The van der Waals surface area contributed by atoms with Gasteiger partial charge in [0.05, 0.1) is 11.1 Å². The average molecular weight is 345 g/mol. The number of aromatic carboxylic acids is 1. The summed E-state index contributed by atoms with van der Waals surface area (Å²) in [4.78, 5) is 11.5. The van der Waals surface area contributed by atoms with Crippen LogP contribution in [0.1, 0.15) is 34.8 Å². The molecular formula is C19H21ClN2O2. The number of halogens is 1. The predicted octanol–water partition coefficient (Wildman–Crippen LogP) is 4.15. The van der Waals surface area contributed by atoms with Crippen LogP contribution in [0, 0.1) is 6.92 Å². The number of piperidine rings is 1. The van der Waals surface area contributed by atoms with Gasteiger partial charge in [0.15, 0.2) is 0 Å². The number of nitrogens with zero attached hydrogens (tertiary/aromatic N) is 1. The van der Waals surface area contributed by atoms with Crippen LogP contribution in [0.3, 0.4) is 0 Å². The number of aromatic nitrogens is 1. The van der Waals surface area contributed by atoms with Crippen molar-refractivity contribution in [3.8, 4) is 0 Å². The summed E-state index contributed by atoms with van der Waals surface area (Å²) in [5.41, 5.74) is 3.66. The second-order valence-corrected chi connectivity index (χ2v) is 6.36. The molecule has 0 saturated carbocycles. The van der Waals surface area contributed by atoms with Crippen LogP contribution in [0.5, 0.6) is 0 Å². The summed E-state index contributed by atoms with van der Waals surface area (Å²) in [5, 5.41) is 15.2. The average Bonchev–Trinajstić information content (AvgIpc) is 2.90. The number of benzene rings is 2. The van der Waals surface area contributed by atoms with Crippen molar-refractivity contribution in [3.05, 3.63) is 47.5 Å². The van der Waals surface area contributed by atoms with Crippen molar-refractivity contribution in [1.82, 2.24) is 9.88 Å². The van der Waals surface area contributed by atoms with Crippen molar-refractivity contribution in [3.63, 3.8) is 0 Å². The summed E-state index contributed by atoms with van der Waals surface area (Å²) in [6.45, 7) is 4.03. The highest BCUT2D eigenvalue weighted by atomic mass is 35.5.